The fraction of sp³-hybridized carbons (Fsp3) is 0.529. The fourth-order valence-corrected chi connectivity index (χ4v) is 3.55. The highest BCUT2D eigenvalue weighted by atomic mass is 32.1. The quantitative estimate of drug-likeness (QED) is 0.881. The summed E-state index contributed by atoms with van der Waals surface area (Å²) < 4.78 is 0. The van der Waals surface area contributed by atoms with E-state index < -0.39 is 0 Å². The molecule has 5 heteroatoms. The third kappa shape index (κ3) is 4.05. The Morgan fingerprint density at radius 3 is 2.55 bits per heavy atom. The monoisotopic (exact) mass is 318 g/mol. The van der Waals surface area contributed by atoms with Crippen LogP contribution in [0, 0.1) is 19.8 Å². The van der Waals surface area contributed by atoms with Crippen LogP contribution in [0.4, 0.5) is 5.95 Å². The lowest BCUT2D eigenvalue weighted by Gasteiger charge is -2.23. The zero-order valence-corrected chi connectivity index (χ0v) is 15.2. The average Bonchev–Trinajstić information content (AvgIpc) is 2.78. The Labute approximate surface area is 137 Å². The minimum atomic E-state index is 0.350. The van der Waals surface area contributed by atoms with Gasteiger partial charge in [0.15, 0.2) is 0 Å². The Hall–Kier alpha value is -1.46. The molecule has 4 nitrogen and oxygen atoms in total. The lowest BCUT2D eigenvalue weighted by Crippen LogP contribution is -2.26. The van der Waals surface area contributed by atoms with Crippen molar-refractivity contribution in [2.24, 2.45) is 5.92 Å². The van der Waals surface area contributed by atoms with Gasteiger partial charge in [-0.1, -0.05) is 13.8 Å². The number of thiophene rings is 1. The number of aryl methyl sites for hydroxylation is 2. The van der Waals surface area contributed by atoms with Crippen LogP contribution in [0.5, 0.6) is 0 Å². The molecule has 0 bridgehead atoms. The lowest BCUT2D eigenvalue weighted by atomic mass is 9.96. The van der Waals surface area contributed by atoms with Gasteiger partial charge in [0.25, 0.3) is 0 Å². The van der Waals surface area contributed by atoms with Gasteiger partial charge < -0.3 is 10.2 Å². The van der Waals surface area contributed by atoms with Crippen molar-refractivity contribution in [2.45, 2.75) is 40.3 Å². The minimum Gasteiger partial charge on any atom is -0.347 e. The van der Waals surface area contributed by atoms with Crippen LogP contribution in [0.3, 0.4) is 0 Å². The van der Waals surface area contributed by atoms with E-state index in [1.165, 1.54) is 15.3 Å². The van der Waals surface area contributed by atoms with Gasteiger partial charge in [0.2, 0.25) is 5.95 Å². The maximum absolute atomic E-state index is 4.58. The van der Waals surface area contributed by atoms with Gasteiger partial charge in [-0.2, -0.15) is 0 Å². The van der Waals surface area contributed by atoms with Crippen molar-refractivity contribution < 1.29 is 0 Å². The number of hydrogen-bond acceptors (Lipinski definition) is 5. The zero-order chi connectivity index (χ0) is 16.3. The van der Waals surface area contributed by atoms with E-state index in [0.717, 1.165) is 18.2 Å². The number of nitrogens with one attached hydrogen (secondary N) is 1. The van der Waals surface area contributed by atoms with E-state index in [-0.39, 0.29) is 0 Å². The maximum atomic E-state index is 4.58. The smallest absolute Gasteiger partial charge is 0.225 e. The summed E-state index contributed by atoms with van der Waals surface area (Å²) >= 11 is 1.87. The average molecular weight is 318 g/mol. The Bertz CT molecular complexity index is 619. The summed E-state index contributed by atoms with van der Waals surface area (Å²) in [7, 11) is 3.92. The molecule has 0 radical (unpaired) electrons. The molecule has 0 aromatic carbocycles. The second-order valence-electron chi connectivity index (χ2n) is 6.21. The molecule has 22 heavy (non-hydrogen) atoms. The van der Waals surface area contributed by atoms with Crippen molar-refractivity contribution in [3.63, 3.8) is 0 Å². The SMILES string of the molecule is Cc1cc([C@@H](NCc2ccnc(N(C)C)n2)C(C)C)c(C)s1. The first-order valence-corrected chi connectivity index (χ1v) is 8.49. The fourth-order valence-electron chi connectivity index (χ4n) is 2.58. The van der Waals surface area contributed by atoms with Crippen LogP contribution in [-0.2, 0) is 6.54 Å². The highest BCUT2D eigenvalue weighted by molar-refractivity contribution is 7.12. The Morgan fingerprint density at radius 2 is 2.00 bits per heavy atom. The van der Waals surface area contributed by atoms with Crippen molar-refractivity contribution in [3.8, 4) is 0 Å². The molecule has 0 aliphatic carbocycles. The molecule has 2 aromatic rings. The van der Waals surface area contributed by atoms with Gasteiger partial charge in [-0.25, -0.2) is 9.97 Å². The van der Waals surface area contributed by atoms with Crippen LogP contribution < -0.4 is 10.2 Å². The lowest BCUT2D eigenvalue weighted by molar-refractivity contribution is 0.408. The molecule has 0 unspecified atom stereocenters. The zero-order valence-electron chi connectivity index (χ0n) is 14.3. The molecule has 0 spiro atoms. The Balaban J connectivity index is 2.13. The topological polar surface area (TPSA) is 41.1 Å². The van der Waals surface area contributed by atoms with E-state index in [9.17, 15) is 0 Å². The summed E-state index contributed by atoms with van der Waals surface area (Å²) in [6, 6.07) is 4.63. The summed E-state index contributed by atoms with van der Waals surface area (Å²) in [6.45, 7) is 9.65. The van der Waals surface area contributed by atoms with Crippen molar-refractivity contribution in [1.82, 2.24) is 15.3 Å². The van der Waals surface area contributed by atoms with Crippen molar-refractivity contribution in [2.75, 3.05) is 19.0 Å². The highest BCUT2D eigenvalue weighted by Gasteiger charge is 2.19. The first-order chi connectivity index (χ1) is 10.4. The Kier molecular flexibility index (Phi) is 5.53. The molecule has 0 aliphatic rings. The largest absolute Gasteiger partial charge is 0.347 e. The molecule has 0 amide bonds. The van der Waals surface area contributed by atoms with Gasteiger partial charge in [0.05, 0.1) is 5.69 Å². The Morgan fingerprint density at radius 1 is 1.27 bits per heavy atom. The van der Waals surface area contributed by atoms with Gasteiger partial charge in [-0.3, -0.25) is 0 Å². The molecule has 120 valence electrons. The summed E-state index contributed by atoms with van der Waals surface area (Å²) in [6.07, 6.45) is 1.82. The third-order valence-electron chi connectivity index (χ3n) is 3.68. The van der Waals surface area contributed by atoms with Gasteiger partial charge >= 0.3 is 0 Å². The van der Waals surface area contributed by atoms with E-state index >= 15 is 0 Å². The van der Waals surface area contributed by atoms with E-state index in [1.54, 1.807) is 0 Å². The summed E-state index contributed by atoms with van der Waals surface area (Å²) in [5.74, 6) is 1.28. The number of anilines is 1. The van der Waals surface area contributed by atoms with Gasteiger partial charge in [0.1, 0.15) is 0 Å². The first kappa shape index (κ1) is 16.9. The molecule has 2 aromatic heterocycles. The second-order valence-corrected chi connectivity index (χ2v) is 7.67. The van der Waals surface area contributed by atoms with Gasteiger partial charge in [0, 0.05) is 42.6 Å². The molecule has 0 saturated heterocycles. The van der Waals surface area contributed by atoms with Crippen LogP contribution in [-0.4, -0.2) is 24.1 Å². The molecule has 0 aliphatic heterocycles. The predicted octanol–water partition coefficient (Wildman–Crippen LogP) is 3.71. The van der Waals surface area contributed by atoms with E-state index in [4.69, 9.17) is 0 Å². The molecule has 1 N–H and O–H groups in total. The third-order valence-corrected chi connectivity index (χ3v) is 4.67. The van der Waals surface area contributed by atoms with Crippen LogP contribution >= 0.6 is 11.3 Å². The van der Waals surface area contributed by atoms with E-state index in [0.29, 0.717) is 12.0 Å². The summed E-state index contributed by atoms with van der Waals surface area (Å²) in [5, 5.41) is 3.67. The molecule has 0 saturated carbocycles. The molecule has 2 heterocycles. The normalized spacial score (nSPS) is 12.7. The predicted molar refractivity (Wildman–Crippen MR) is 94.6 cm³/mol. The van der Waals surface area contributed by atoms with Crippen LogP contribution in [0.15, 0.2) is 18.3 Å². The van der Waals surface area contributed by atoms with E-state index in [1.807, 2.05) is 42.6 Å². The summed E-state index contributed by atoms with van der Waals surface area (Å²) in [4.78, 5) is 13.5. The molecule has 1 atom stereocenters. The standard InChI is InChI=1S/C17H26N4S/c1-11(2)16(15-9-12(3)22-13(15)4)19-10-14-7-8-18-17(20-14)21(5)6/h7-9,11,16,19H,10H2,1-6H3/t16-/m0/s1. The molecular weight excluding hydrogens is 292 g/mol. The first-order valence-electron chi connectivity index (χ1n) is 7.68. The van der Waals surface area contributed by atoms with Crippen LogP contribution in [0.25, 0.3) is 0 Å². The van der Waals surface area contributed by atoms with E-state index in [2.05, 4.69) is 49.0 Å². The number of hydrogen-bond donors (Lipinski definition) is 1. The number of rotatable bonds is 6. The van der Waals surface area contributed by atoms with Crippen LogP contribution in [0.1, 0.15) is 40.9 Å². The highest BCUT2D eigenvalue weighted by Crippen LogP contribution is 2.30. The van der Waals surface area contributed by atoms with Gasteiger partial charge in [-0.15, -0.1) is 11.3 Å². The maximum Gasteiger partial charge on any atom is 0.225 e. The molecule has 2 rings (SSSR count). The number of aromatic nitrogens is 2. The van der Waals surface area contributed by atoms with Crippen molar-refractivity contribution >= 4 is 17.3 Å². The second kappa shape index (κ2) is 7.20. The van der Waals surface area contributed by atoms with Crippen molar-refractivity contribution in [3.05, 3.63) is 39.3 Å². The van der Waals surface area contributed by atoms with Crippen LogP contribution in [0.2, 0.25) is 0 Å². The molecular formula is C17H26N4S. The number of nitrogens with zero attached hydrogens (tertiary/aromatic N) is 3. The molecule has 0 fully saturated rings. The minimum absolute atomic E-state index is 0.350. The summed E-state index contributed by atoms with van der Waals surface area (Å²) in [5.41, 5.74) is 2.44. The van der Waals surface area contributed by atoms with Crippen molar-refractivity contribution in [1.29, 1.82) is 0 Å². The van der Waals surface area contributed by atoms with Gasteiger partial charge in [-0.05, 0) is 37.5 Å².